The first kappa shape index (κ1) is 11.0. The van der Waals surface area contributed by atoms with Gasteiger partial charge in [-0.25, -0.2) is 4.79 Å². The topological polar surface area (TPSA) is 72.2 Å². The number of rotatable bonds is 1. The third-order valence-electron chi connectivity index (χ3n) is 1.41. The summed E-state index contributed by atoms with van der Waals surface area (Å²) in [4.78, 5) is 21.7. The first-order chi connectivity index (χ1) is 6.50. The van der Waals surface area contributed by atoms with Crippen molar-refractivity contribution < 1.29 is 9.59 Å². The van der Waals surface area contributed by atoms with Crippen molar-refractivity contribution >= 4 is 39.5 Å². The van der Waals surface area contributed by atoms with Crippen LogP contribution < -0.4 is 11.1 Å². The second kappa shape index (κ2) is 4.43. The lowest BCUT2D eigenvalue weighted by Crippen LogP contribution is -2.35. The second-order valence-electron chi connectivity index (χ2n) is 2.44. The lowest BCUT2D eigenvalue weighted by atomic mass is 10.2. The molecule has 0 atom stereocenters. The average Bonchev–Trinajstić information content (AvgIpc) is 2.01. The molecule has 0 radical (unpaired) electrons. The molecule has 0 heterocycles. The number of hydrogen-bond donors (Lipinski definition) is 2. The van der Waals surface area contributed by atoms with Crippen molar-refractivity contribution in [3.8, 4) is 0 Å². The van der Waals surface area contributed by atoms with E-state index < -0.39 is 11.9 Å². The van der Waals surface area contributed by atoms with Crippen LogP contribution in [-0.2, 0) is 0 Å². The number of carbonyl (C=O) groups is 2. The van der Waals surface area contributed by atoms with Crippen molar-refractivity contribution in [3.63, 3.8) is 0 Å². The van der Waals surface area contributed by atoms with Crippen molar-refractivity contribution in [3.05, 3.63) is 33.3 Å². The Morgan fingerprint density at radius 1 is 1.43 bits per heavy atom. The van der Waals surface area contributed by atoms with E-state index in [4.69, 9.17) is 17.3 Å². The molecular formula is C8H6BrClN2O2. The van der Waals surface area contributed by atoms with Gasteiger partial charge in [0.15, 0.2) is 0 Å². The molecule has 0 fully saturated rings. The number of amides is 3. The molecule has 1 aromatic carbocycles. The summed E-state index contributed by atoms with van der Waals surface area (Å²) >= 11 is 8.81. The molecule has 74 valence electrons. The molecule has 14 heavy (non-hydrogen) atoms. The molecule has 0 saturated carbocycles. The van der Waals surface area contributed by atoms with Crippen molar-refractivity contribution in [2.75, 3.05) is 0 Å². The van der Waals surface area contributed by atoms with Gasteiger partial charge in [-0.05, 0) is 34.1 Å². The van der Waals surface area contributed by atoms with Gasteiger partial charge in [-0.3, -0.25) is 10.1 Å². The molecule has 6 heteroatoms. The normalized spacial score (nSPS) is 9.57. The Balaban J connectivity index is 2.96. The zero-order chi connectivity index (χ0) is 10.7. The molecule has 3 amide bonds. The summed E-state index contributed by atoms with van der Waals surface area (Å²) in [5.41, 5.74) is 5.10. The number of nitrogens with two attached hydrogens (primary N) is 1. The van der Waals surface area contributed by atoms with E-state index in [-0.39, 0.29) is 0 Å². The average molecular weight is 278 g/mol. The van der Waals surface area contributed by atoms with Gasteiger partial charge in [0.2, 0.25) is 0 Å². The smallest absolute Gasteiger partial charge is 0.319 e. The van der Waals surface area contributed by atoms with Gasteiger partial charge >= 0.3 is 6.03 Å². The number of hydrogen-bond acceptors (Lipinski definition) is 2. The van der Waals surface area contributed by atoms with E-state index >= 15 is 0 Å². The van der Waals surface area contributed by atoms with Gasteiger partial charge in [0.25, 0.3) is 5.91 Å². The quantitative estimate of drug-likeness (QED) is 0.823. The minimum atomic E-state index is -0.892. The highest BCUT2D eigenvalue weighted by Gasteiger charge is 2.11. The van der Waals surface area contributed by atoms with Gasteiger partial charge in [-0.1, -0.05) is 11.6 Å². The fourth-order valence-corrected chi connectivity index (χ4v) is 1.72. The van der Waals surface area contributed by atoms with E-state index in [1.54, 1.807) is 12.1 Å². The predicted molar refractivity (Wildman–Crippen MR) is 56.2 cm³/mol. The molecular weight excluding hydrogens is 271 g/mol. The van der Waals surface area contributed by atoms with Crippen LogP contribution in [0.4, 0.5) is 4.79 Å². The Hall–Kier alpha value is -1.07. The van der Waals surface area contributed by atoms with Crippen LogP contribution in [0.25, 0.3) is 0 Å². The van der Waals surface area contributed by atoms with Crippen molar-refractivity contribution in [1.82, 2.24) is 5.32 Å². The minimum Gasteiger partial charge on any atom is -0.351 e. The van der Waals surface area contributed by atoms with Crippen LogP contribution in [-0.4, -0.2) is 11.9 Å². The molecule has 0 aromatic heterocycles. The van der Waals surface area contributed by atoms with E-state index in [0.29, 0.717) is 15.1 Å². The van der Waals surface area contributed by atoms with E-state index in [1.165, 1.54) is 6.07 Å². The van der Waals surface area contributed by atoms with E-state index in [9.17, 15) is 9.59 Å². The number of nitrogens with one attached hydrogen (secondary N) is 1. The third-order valence-corrected chi connectivity index (χ3v) is 2.30. The zero-order valence-corrected chi connectivity index (χ0v) is 9.22. The van der Waals surface area contributed by atoms with Gasteiger partial charge < -0.3 is 5.73 Å². The van der Waals surface area contributed by atoms with Crippen LogP contribution in [0.15, 0.2) is 22.7 Å². The molecule has 0 aliphatic carbocycles. The maximum atomic E-state index is 11.3. The number of benzene rings is 1. The summed E-state index contributed by atoms with van der Waals surface area (Å²) in [6, 6.07) is 3.70. The molecule has 1 rings (SSSR count). The summed E-state index contributed by atoms with van der Waals surface area (Å²) in [7, 11) is 0. The van der Waals surface area contributed by atoms with Crippen LogP contribution in [0.1, 0.15) is 10.4 Å². The van der Waals surface area contributed by atoms with Crippen LogP contribution in [0.5, 0.6) is 0 Å². The molecule has 0 aliphatic heterocycles. The zero-order valence-electron chi connectivity index (χ0n) is 6.88. The lowest BCUT2D eigenvalue weighted by molar-refractivity contribution is 0.0965. The highest BCUT2D eigenvalue weighted by molar-refractivity contribution is 9.10. The minimum absolute atomic E-state index is 0.299. The summed E-state index contributed by atoms with van der Waals surface area (Å²) in [6.07, 6.45) is 0. The summed E-state index contributed by atoms with van der Waals surface area (Å²) in [5.74, 6) is -0.568. The molecule has 3 N–H and O–H groups in total. The van der Waals surface area contributed by atoms with Gasteiger partial charge in [0.05, 0.1) is 5.56 Å². The first-order valence-corrected chi connectivity index (χ1v) is 4.73. The maximum Gasteiger partial charge on any atom is 0.319 e. The van der Waals surface area contributed by atoms with Crippen LogP contribution in [0.2, 0.25) is 5.02 Å². The molecule has 0 spiro atoms. The Bertz CT molecular complexity index is 395. The number of imide groups is 1. The number of urea groups is 1. The predicted octanol–water partition coefficient (Wildman–Crippen LogP) is 1.91. The van der Waals surface area contributed by atoms with Crippen molar-refractivity contribution in [2.45, 2.75) is 0 Å². The Labute approximate surface area is 93.5 Å². The molecule has 1 aromatic rings. The fraction of sp³-hybridized carbons (Fsp3) is 0. The van der Waals surface area contributed by atoms with E-state index in [1.807, 2.05) is 5.32 Å². The Morgan fingerprint density at radius 3 is 2.57 bits per heavy atom. The summed E-state index contributed by atoms with van der Waals surface area (Å²) in [6.45, 7) is 0. The number of carbonyl (C=O) groups excluding carboxylic acids is 2. The molecule has 0 bridgehead atoms. The van der Waals surface area contributed by atoms with E-state index in [2.05, 4.69) is 15.9 Å². The standard InChI is InChI=1S/C8H6BrClN2O2/c9-6-3-4(10)1-2-5(6)7(13)12-8(11)14/h1-3H,(H3,11,12,13,14). The largest absolute Gasteiger partial charge is 0.351 e. The molecule has 4 nitrogen and oxygen atoms in total. The van der Waals surface area contributed by atoms with Gasteiger partial charge in [0, 0.05) is 9.50 Å². The number of halogens is 2. The van der Waals surface area contributed by atoms with Crippen molar-refractivity contribution in [1.29, 1.82) is 0 Å². The van der Waals surface area contributed by atoms with Crippen LogP contribution in [0.3, 0.4) is 0 Å². The highest BCUT2D eigenvalue weighted by Crippen LogP contribution is 2.21. The highest BCUT2D eigenvalue weighted by atomic mass is 79.9. The van der Waals surface area contributed by atoms with Gasteiger partial charge in [-0.15, -0.1) is 0 Å². The second-order valence-corrected chi connectivity index (χ2v) is 3.73. The van der Waals surface area contributed by atoms with Gasteiger partial charge in [-0.2, -0.15) is 0 Å². The molecule has 0 unspecified atom stereocenters. The Kier molecular flexibility index (Phi) is 3.49. The fourth-order valence-electron chi connectivity index (χ4n) is 0.853. The van der Waals surface area contributed by atoms with Crippen LogP contribution in [0, 0.1) is 0 Å². The Morgan fingerprint density at radius 2 is 2.07 bits per heavy atom. The first-order valence-electron chi connectivity index (χ1n) is 3.56. The summed E-state index contributed by atoms with van der Waals surface area (Å²) < 4.78 is 0.503. The van der Waals surface area contributed by atoms with Crippen molar-refractivity contribution in [2.24, 2.45) is 5.73 Å². The van der Waals surface area contributed by atoms with E-state index in [0.717, 1.165) is 0 Å². The van der Waals surface area contributed by atoms with Crippen LogP contribution >= 0.6 is 27.5 Å². The monoisotopic (exact) mass is 276 g/mol. The molecule has 0 saturated heterocycles. The maximum absolute atomic E-state index is 11.3. The lowest BCUT2D eigenvalue weighted by Gasteiger charge is -2.03. The van der Waals surface area contributed by atoms with Gasteiger partial charge in [0.1, 0.15) is 0 Å². The number of primary amides is 1. The SMILES string of the molecule is NC(=O)NC(=O)c1ccc(Cl)cc1Br. The summed E-state index contributed by atoms with van der Waals surface area (Å²) in [5, 5.41) is 2.44. The molecule has 0 aliphatic rings. The third kappa shape index (κ3) is 2.71.